The second-order valence-electron chi connectivity index (χ2n) is 5.12. The molecular weight excluding hydrogens is 182 g/mol. The van der Waals surface area contributed by atoms with Crippen molar-refractivity contribution in [2.75, 3.05) is 0 Å². The topological polar surface area (TPSA) is 23.8 Å². The van der Waals surface area contributed by atoms with Crippen molar-refractivity contribution in [3.8, 4) is 6.07 Å². The largest absolute Gasteiger partial charge is 0.198 e. The molecule has 0 N–H and O–H groups in total. The van der Waals surface area contributed by atoms with Crippen LogP contribution >= 0.6 is 11.6 Å². The maximum absolute atomic E-state index is 9.03. The molecule has 0 aromatic rings. The van der Waals surface area contributed by atoms with Crippen LogP contribution in [0.15, 0.2) is 0 Å². The molecule has 2 heteroatoms. The molecule has 74 valence electrons. The van der Waals surface area contributed by atoms with Gasteiger partial charge in [-0.2, -0.15) is 5.26 Å². The van der Waals surface area contributed by atoms with E-state index in [1.165, 1.54) is 0 Å². The van der Waals surface area contributed by atoms with Crippen molar-refractivity contribution in [1.29, 1.82) is 5.26 Å². The van der Waals surface area contributed by atoms with Crippen LogP contribution in [0, 0.1) is 28.6 Å². The fourth-order valence-electron chi connectivity index (χ4n) is 2.30. The van der Waals surface area contributed by atoms with Gasteiger partial charge in [0.2, 0.25) is 0 Å². The fraction of sp³-hybridized carbons (Fsp3) is 0.909. The minimum Gasteiger partial charge on any atom is -0.198 e. The highest BCUT2D eigenvalue weighted by Gasteiger charge is 2.36. The van der Waals surface area contributed by atoms with Crippen molar-refractivity contribution in [1.82, 2.24) is 0 Å². The summed E-state index contributed by atoms with van der Waals surface area (Å²) in [5, 5.41) is 9.26. The lowest BCUT2D eigenvalue weighted by Gasteiger charge is -2.38. The second kappa shape index (κ2) is 3.88. The molecule has 3 unspecified atom stereocenters. The van der Waals surface area contributed by atoms with Crippen LogP contribution in [-0.2, 0) is 0 Å². The molecule has 1 rings (SSSR count). The van der Waals surface area contributed by atoms with Gasteiger partial charge in [-0.15, -0.1) is 11.6 Å². The lowest BCUT2D eigenvalue weighted by molar-refractivity contribution is 0.141. The molecule has 0 aliphatic heterocycles. The summed E-state index contributed by atoms with van der Waals surface area (Å²) in [4.78, 5) is 0. The molecule has 1 aliphatic rings. The number of nitriles is 1. The van der Waals surface area contributed by atoms with Crippen LogP contribution in [0.1, 0.15) is 40.0 Å². The maximum Gasteiger partial charge on any atom is 0.0659 e. The van der Waals surface area contributed by atoms with E-state index < -0.39 is 0 Å². The molecule has 3 atom stereocenters. The van der Waals surface area contributed by atoms with Crippen LogP contribution in [0.25, 0.3) is 0 Å². The molecule has 0 heterocycles. The molecule has 0 radical (unpaired) electrons. The van der Waals surface area contributed by atoms with Crippen molar-refractivity contribution in [3.05, 3.63) is 0 Å². The lowest BCUT2D eigenvalue weighted by Crippen LogP contribution is -2.33. The zero-order chi connectivity index (χ0) is 10.1. The van der Waals surface area contributed by atoms with Crippen LogP contribution < -0.4 is 0 Å². The summed E-state index contributed by atoms with van der Waals surface area (Å²) >= 11 is 6.05. The minimum absolute atomic E-state index is 0.163. The fourth-order valence-corrected chi connectivity index (χ4v) is 2.62. The lowest BCUT2D eigenvalue weighted by atomic mass is 9.67. The SMILES string of the molecule is CC(C)(C)C1CCC(Cl)CC1C#N. The molecule has 0 aromatic carbocycles. The van der Waals surface area contributed by atoms with Gasteiger partial charge in [0.1, 0.15) is 0 Å². The van der Waals surface area contributed by atoms with Crippen LogP contribution in [-0.4, -0.2) is 5.38 Å². The Morgan fingerprint density at radius 2 is 1.92 bits per heavy atom. The Bertz CT molecular complexity index is 211. The summed E-state index contributed by atoms with van der Waals surface area (Å²) in [5.74, 6) is 0.684. The van der Waals surface area contributed by atoms with E-state index in [0.717, 1.165) is 19.3 Å². The van der Waals surface area contributed by atoms with Gasteiger partial charge in [-0.25, -0.2) is 0 Å². The van der Waals surface area contributed by atoms with E-state index in [1.54, 1.807) is 0 Å². The molecule has 1 nitrogen and oxygen atoms in total. The predicted molar refractivity (Wildman–Crippen MR) is 55.5 cm³/mol. The summed E-state index contributed by atoms with van der Waals surface area (Å²) in [7, 11) is 0. The first-order chi connectivity index (χ1) is 5.95. The van der Waals surface area contributed by atoms with Gasteiger partial charge in [0.15, 0.2) is 0 Å². The Labute approximate surface area is 86.1 Å². The number of nitrogens with zero attached hydrogens (tertiary/aromatic N) is 1. The molecule has 13 heavy (non-hydrogen) atoms. The van der Waals surface area contributed by atoms with Gasteiger partial charge in [-0.1, -0.05) is 20.8 Å². The summed E-state index contributed by atoms with van der Waals surface area (Å²) in [6.45, 7) is 6.66. The molecule has 1 aliphatic carbocycles. The third-order valence-electron chi connectivity index (χ3n) is 3.06. The Kier molecular flexibility index (Phi) is 3.24. The normalized spacial score (nSPS) is 35.5. The third kappa shape index (κ3) is 2.61. The van der Waals surface area contributed by atoms with Gasteiger partial charge >= 0.3 is 0 Å². The third-order valence-corrected chi connectivity index (χ3v) is 3.46. The van der Waals surface area contributed by atoms with Crippen molar-refractivity contribution in [3.63, 3.8) is 0 Å². The van der Waals surface area contributed by atoms with E-state index in [2.05, 4.69) is 26.8 Å². The standard InChI is InChI=1S/C11H18ClN/c1-11(2,3)10-5-4-9(12)6-8(10)7-13/h8-10H,4-6H2,1-3H3. The van der Waals surface area contributed by atoms with E-state index in [1.807, 2.05) is 0 Å². The highest BCUT2D eigenvalue weighted by molar-refractivity contribution is 6.20. The van der Waals surface area contributed by atoms with Gasteiger partial charge in [-0.05, 0) is 30.6 Å². The Balaban J connectivity index is 2.70. The van der Waals surface area contributed by atoms with E-state index in [9.17, 15) is 0 Å². The van der Waals surface area contributed by atoms with Crippen molar-refractivity contribution >= 4 is 11.6 Å². The van der Waals surface area contributed by atoms with E-state index in [4.69, 9.17) is 16.9 Å². The molecule has 0 spiro atoms. The van der Waals surface area contributed by atoms with E-state index in [-0.39, 0.29) is 16.7 Å². The van der Waals surface area contributed by atoms with Crippen molar-refractivity contribution in [2.24, 2.45) is 17.3 Å². The monoisotopic (exact) mass is 199 g/mol. The summed E-state index contributed by atoms with van der Waals surface area (Å²) in [6, 6.07) is 2.41. The van der Waals surface area contributed by atoms with Gasteiger partial charge in [-0.3, -0.25) is 0 Å². The molecule has 0 amide bonds. The van der Waals surface area contributed by atoms with Gasteiger partial charge < -0.3 is 0 Å². The first-order valence-corrected chi connectivity index (χ1v) is 5.42. The predicted octanol–water partition coefficient (Wildman–Crippen LogP) is 3.58. The number of rotatable bonds is 0. The number of hydrogen-bond acceptors (Lipinski definition) is 1. The van der Waals surface area contributed by atoms with E-state index in [0.29, 0.717) is 5.92 Å². The minimum atomic E-state index is 0.163. The Hall–Kier alpha value is -0.220. The first kappa shape index (κ1) is 10.9. The summed E-state index contributed by atoms with van der Waals surface area (Å²) in [5.41, 5.74) is 0.247. The van der Waals surface area contributed by atoms with Crippen LogP contribution in [0.5, 0.6) is 0 Å². The highest BCUT2D eigenvalue weighted by Crippen LogP contribution is 2.42. The smallest absolute Gasteiger partial charge is 0.0659 e. The average Bonchev–Trinajstić information content (AvgIpc) is 2.01. The van der Waals surface area contributed by atoms with Crippen LogP contribution in [0.4, 0.5) is 0 Å². The summed E-state index contributed by atoms with van der Waals surface area (Å²) in [6.07, 6.45) is 3.05. The van der Waals surface area contributed by atoms with Crippen LogP contribution in [0.3, 0.4) is 0 Å². The first-order valence-electron chi connectivity index (χ1n) is 4.99. The zero-order valence-corrected chi connectivity index (χ0v) is 9.43. The molecular formula is C11H18ClN. The average molecular weight is 200 g/mol. The molecule has 0 aromatic heterocycles. The summed E-state index contributed by atoms with van der Waals surface area (Å²) < 4.78 is 0. The maximum atomic E-state index is 9.03. The molecule has 1 fully saturated rings. The van der Waals surface area contributed by atoms with Crippen molar-refractivity contribution < 1.29 is 0 Å². The van der Waals surface area contributed by atoms with Gasteiger partial charge in [0.25, 0.3) is 0 Å². The number of halogens is 1. The van der Waals surface area contributed by atoms with Gasteiger partial charge in [0, 0.05) is 5.38 Å². The van der Waals surface area contributed by atoms with E-state index >= 15 is 0 Å². The Morgan fingerprint density at radius 1 is 1.31 bits per heavy atom. The number of alkyl halides is 1. The molecule has 1 saturated carbocycles. The molecule has 0 saturated heterocycles. The molecule has 0 bridgehead atoms. The highest BCUT2D eigenvalue weighted by atomic mass is 35.5. The van der Waals surface area contributed by atoms with Crippen LogP contribution in [0.2, 0.25) is 0 Å². The number of hydrogen-bond donors (Lipinski definition) is 0. The quantitative estimate of drug-likeness (QED) is 0.547. The van der Waals surface area contributed by atoms with Crippen molar-refractivity contribution in [2.45, 2.75) is 45.4 Å². The van der Waals surface area contributed by atoms with Gasteiger partial charge in [0.05, 0.1) is 12.0 Å². The second-order valence-corrected chi connectivity index (χ2v) is 5.74. The zero-order valence-electron chi connectivity index (χ0n) is 8.68. The Morgan fingerprint density at radius 3 is 2.38 bits per heavy atom.